The minimum Gasteiger partial charge on any atom is -0.384 e. The molecule has 0 bridgehead atoms. The van der Waals surface area contributed by atoms with E-state index in [1.807, 2.05) is 6.07 Å². The van der Waals surface area contributed by atoms with Gasteiger partial charge < -0.3 is 15.5 Å². The van der Waals surface area contributed by atoms with Gasteiger partial charge in [0.05, 0.1) is 11.1 Å². The Morgan fingerprint density at radius 1 is 1.35 bits per heavy atom. The summed E-state index contributed by atoms with van der Waals surface area (Å²) in [7, 11) is 4.15. The maximum atomic E-state index is 12.3. The Hall–Kier alpha value is -2.06. The Bertz CT molecular complexity index is 729. The predicted octanol–water partition coefficient (Wildman–Crippen LogP) is 1.04. The van der Waals surface area contributed by atoms with Crippen LogP contribution in [0.2, 0.25) is 0 Å². The molecular formula is C15H20N6OS. The number of H-pyrrole nitrogens is 1. The molecule has 1 atom stereocenters. The monoisotopic (exact) mass is 332 g/mol. The van der Waals surface area contributed by atoms with Crippen LogP contribution in [0, 0.1) is 0 Å². The van der Waals surface area contributed by atoms with Crippen LogP contribution in [-0.4, -0.2) is 53.1 Å². The number of nitrogens with one attached hydrogen (secondary N) is 1. The maximum Gasteiger partial charge on any atom is 0.266 e. The van der Waals surface area contributed by atoms with Crippen LogP contribution >= 0.6 is 11.8 Å². The largest absolute Gasteiger partial charge is 0.384 e. The van der Waals surface area contributed by atoms with Crippen molar-refractivity contribution < 1.29 is 0 Å². The predicted molar refractivity (Wildman–Crippen MR) is 91.9 cm³/mol. The average Bonchev–Trinajstić information content (AvgIpc) is 3.01. The highest BCUT2D eigenvalue weighted by atomic mass is 32.2. The first-order valence-corrected chi connectivity index (χ1v) is 8.24. The lowest BCUT2D eigenvalue weighted by Crippen LogP contribution is -2.32. The third-order valence-electron chi connectivity index (χ3n) is 3.93. The normalized spacial score (nSPS) is 17.9. The molecule has 3 heterocycles. The van der Waals surface area contributed by atoms with Crippen molar-refractivity contribution in [3.63, 3.8) is 0 Å². The summed E-state index contributed by atoms with van der Waals surface area (Å²) in [5, 5.41) is 0. The molecule has 1 saturated heterocycles. The van der Waals surface area contributed by atoms with Crippen LogP contribution in [0.1, 0.15) is 6.42 Å². The van der Waals surface area contributed by atoms with Gasteiger partial charge in [0.15, 0.2) is 0 Å². The molecule has 7 nitrogen and oxygen atoms in total. The van der Waals surface area contributed by atoms with E-state index >= 15 is 0 Å². The average molecular weight is 332 g/mol. The fraction of sp³-hybridized carbons (Fsp3) is 0.400. The number of likely N-dealkylation sites (N-methyl/N-ethyl adjacent to an activating group) is 1. The van der Waals surface area contributed by atoms with Gasteiger partial charge in [0, 0.05) is 30.2 Å². The van der Waals surface area contributed by atoms with E-state index in [9.17, 15) is 4.79 Å². The molecule has 2 aromatic heterocycles. The number of hydrogen-bond donors (Lipinski definition) is 2. The summed E-state index contributed by atoms with van der Waals surface area (Å²) in [5.41, 5.74) is 5.43. The topological polar surface area (TPSA) is 91.1 Å². The van der Waals surface area contributed by atoms with Crippen molar-refractivity contribution in [3.05, 3.63) is 34.9 Å². The highest BCUT2D eigenvalue weighted by molar-refractivity contribution is 7.99. The second-order valence-electron chi connectivity index (χ2n) is 5.77. The third-order valence-corrected chi connectivity index (χ3v) is 4.92. The van der Waals surface area contributed by atoms with E-state index in [2.05, 4.69) is 38.8 Å². The Kier molecular flexibility index (Phi) is 4.53. The van der Waals surface area contributed by atoms with Crippen molar-refractivity contribution in [1.82, 2.24) is 19.9 Å². The highest BCUT2D eigenvalue weighted by Gasteiger charge is 2.25. The van der Waals surface area contributed by atoms with E-state index in [-0.39, 0.29) is 5.56 Å². The van der Waals surface area contributed by atoms with Crippen molar-refractivity contribution in [2.75, 3.05) is 37.8 Å². The van der Waals surface area contributed by atoms with Crippen LogP contribution in [-0.2, 0) is 0 Å². The lowest BCUT2D eigenvalue weighted by atomic mass is 10.2. The molecule has 1 unspecified atom stereocenters. The second-order valence-corrected chi connectivity index (χ2v) is 6.89. The second kappa shape index (κ2) is 6.59. The molecule has 0 aromatic carbocycles. The number of nitrogens with two attached hydrogens (primary N) is 1. The molecule has 0 aliphatic carbocycles. The molecule has 1 fully saturated rings. The van der Waals surface area contributed by atoms with Crippen molar-refractivity contribution in [2.24, 2.45) is 0 Å². The van der Waals surface area contributed by atoms with Crippen molar-refractivity contribution in [3.8, 4) is 0 Å². The van der Waals surface area contributed by atoms with E-state index in [4.69, 9.17) is 5.73 Å². The number of nitrogen functional groups attached to an aromatic ring is 1. The molecule has 3 N–H and O–H groups in total. The van der Waals surface area contributed by atoms with Gasteiger partial charge in [-0.2, -0.15) is 0 Å². The zero-order valence-electron chi connectivity index (χ0n) is 13.2. The quantitative estimate of drug-likeness (QED) is 0.864. The molecule has 0 spiro atoms. The lowest BCUT2D eigenvalue weighted by molar-refractivity contribution is 0.315. The van der Waals surface area contributed by atoms with Gasteiger partial charge in [0.25, 0.3) is 5.56 Å². The first kappa shape index (κ1) is 15.8. The van der Waals surface area contributed by atoms with E-state index in [0.29, 0.717) is 22.7 Å². The third kappa shape index (κ3) is 3.65. The fourth-order valence-electron chi connectivity index (χ4n) is 2.54. The minimum atomic E-state index is -0.134. The standard InChI is InChI=1S/C15H20N6OS/c1-20(2)10-5-6-21(9-10)15-18-8-12(14(22)19-15)23-11-3-4-13(16)17-7-11/h3-4,7-8,10H,5-6,9H2,1-2H3,(H2,16,17)(H,18,19,22). The van der Waals surface area contributed by atoms with Crippen molar-refractivity contribution in [1.29, 1.82) is 0 Å². The van der Waals surface area contributed by atoms with E-state index < -0.39 is 0 Å². The van der Waals surface area contributed by atoms with Crippen LogP contribution < -0.4 is 16.2 Å². The van der Waals surface area contributed by atoms with Crippen molar-refractivity contribution >= 4 is 23.5 Å². The maximum absolute atomic E-state index is 12.3. The summed E-state index contributed by atoms with van der Waals surface area (Å²) in [6.45, 7) is 1.78. The molecule has 3 rings (SSSR count). The van der Waals surface area contributed by atoms with Gasteiger partial charge in [-0.25, -0.2) is 9.97 Å². The van der Waals surface area contributed by atoms with Crippen LogP contribution in [0.3, 0.4) is 0 Å². The molecule has 0 radical (unpaired) electrons. The molecule has 122 valence electrons. The van der Waals surface area contributed by atoms with Gasteiger partial charge in [0.1, 0.15) is 5.82 Å². The van der Waals surface area contributed by atoms with Gasteiger partial charge >= 0.3 is 0 Å². The van der Waals surface area contributed by atoms with Crippen LogP contribution in [0.15, 0.2) is 39.1 Å². The SMILES string of the molecule is CN(C)C1CCN(c2ncc(Sc3ccc(N)nc3)c(=O)[nH]2)C1. The van der Waals surface area contributed by atoms with Gasteiger partial charge in [-0.3, -0.25) is 9.78 Å². The summed E-state index contributed by atoms with van der Waals surface area (Å²) in [6.07, 6.45) is 4.35. The number of aromatic amines is 1. The van der Waals surface area contributed by atoms with Crippen LogP contribution in [0.5, 0.6) is 0 Å². The molecule has 0 amide bonds. The molecule has 1 aliphatic heterocycles. The summed E-state index contributed by atoms with van der Waals surface area (Å²) >= 11 is 1.33. The fourth-order valence-corrected chi connectivity index (χ4v) is 3.29. The number of hydrogen-bond acceptors (Lipinski definition) is 7. The molecule has 1 aliphatic rings. The molecule has 8 heteroatoms. The van der Waals surface area contributed by atoms with E-state index in [1.54, 1.807) is 18.5 Å². The minimum absolute atomic E-state index is 0.134. The van der Waals surface area contributed by atoms with Crippen LogP contribution in [0.25, 0.3) is 0 Å². The molecule has 0 saturated carbocycles. The number of rotatable bonds is 4. The first-order chi connectivity index (χ1) is 11.0. The molecule has 2 aromatic rings. The number of anilines is 2. The summed E-state index contributed by atoms with van der Waals surface area (Å²) in [4.78, 5) is 29.3. The molecule has 23 heavy (non-hydrogen) atoms. The van der Waals surface area contributed by atoms with Gasteiger partial charge in [0.2, 0.25) is 5.95 Å². The Labute approximate surface area is 138 Å². The van der Waals surface area contributed by atoms with Gasteiger partial charge in [-0.05, 0) is 32.6 Å². The number of nitrogens with zero attached hydrogens (tertiary/aromatic N) is 4. The van der Waals surface area contributed by atoms with E-state index in [0.717, 1.165) is 24.4 Å². The van der Waals surface area contributed by atoms with Gasteiger partial charge in [-0.1, -0.05) is 11.8 Å². The Morgan fingerprint density at radius 2 is 2.17 bits per heavy atom. The Morgan fingerprint density at radius 3 is 2.78 bits per heavy atom. The van der Waals surface area contributed by atoms with Crippen LogP contribution in [0.4, 0.5) is 11.8 Å². The van der Waals surface area contributed by atoms with E-state index in [1.165, 1.54) is 11.8 Å². The smallest absolute Gasteiger partial charge is 0.266 e. The first-order valence-electron chi connectivity index (χ1n) is 7.43. The molecular weight excluding hydrogens is 312 g/mol. The van der Waals surface area contributed by atoms with Gasteiger partial charge in [-0.15, -0.1) is 0 Å². The summed E-state index contributed by atoms with van der Waals surface area (Å²) in [6, 6.07) is 4.04. The summed E-state index contributed by atoms with van der Waals surface area (Å²) in [5.74, 6) is 1.10. The lowest BCUT2D eigenvalue weighted by Gasteiger charge is -2.20. The highest BCUT2D eigenvalue weighted by Crippen LogP contribution is 2.25. The Balaban J connectivity index is 1.73. The zero-order valence-corrected chi connectivity index (χ0v) is 14.0. The number of aromatic nitrogens is 3. The zero-order chi connectivity index (χ0) is 16.4. The summed E-state index contributed by atoms with van der Waals surface area (Å²) < 4.78 is 0. The number of pyridine rings is 1. The van der Waals surface area contributed by atoms with Crippen molar-refractivity contribution in [2.45, 2.75) is 22.3 Å².